The summed E-state index contributed by atoms with van der Waals surface area (Å²) in [5.41, 5.74) is 0. The molecule has 0 spiro atoms. The molecule has 1 rings (SSSR count). The second-order valence-corrected chi connectivity index (χ2v) is 13.3. The van der Waals surface area contributed by atoms with E-state index in [-0.39, 0.29) is 19.8 Å². The van der Waals surface area contributed by atoms with Crippen molar-refractivity contribution in [2.24, 2.45) is 0 Å². The van der Waals surface area contributed by atoms with Gasteiger partial charge in [-0.1, -0.05) is 20.8 Å². The summed E-state index contributed by atoms with van der Waals surface area (Å²) in [6.07, 6.45) is -10.4. The zero-order valence-corrected chi connectivity index (χ0v) is 27.2. The zero-order valence-electron chi connectivity index (χ0n) is 24.5. The lowest BCUT2D eigenvalue weighted by molar-refractivity contribution is -0.248. The van der Waals surface area contributed by atoms with E-state index in [9.17, 15) is 42.8 Å². The summed E-state index contributed by atoms with van der Waals surface area (Å²) in [4.78, 5) is 64.1. The van der Waals surface area contributed by atoms with Crippen LogP contribution in [0.2, 0.25) is 0 Å². The Hall–Kier alpha value is -1.38. The van der Waals surface area contributed by atoms with Crippen molar-refractivity contribution in [3.05, 3.63) is 0 Å². The Morgan fingerprint density at radius 2 is 0.711 bits per heavy atom. The molecule has 0 radical (unpaired) electrons. The van der Waals surface area contributed by atoms with Crippen LogP contribution in [0.3, 0.4) is 0 Å². The van der Waals surface area contributed by atoms with Gasteiger partial charge in [-0.3, -0.25) is 27.1 Å². The highest BCUT2D eigenvalue weighted by Gasteiger charge is 2.60. The molecular formula is C21H39O21P3. The van der Waals surface area contributed by atoms with Gasteiger partial charge >= 0.3 is 41.4 Å². The second kappa shape index (κ2) is 19.4. The minimum absolute atomic E-state index is 0.0492. The van der Waals surface area contributed by atoms with Crippen LogP contribution in [0.1, 0.15) is 40.0 Å². The van der Waals surface area contributed by atoms with E-state index in [4.69, 9.17) is 43.1 Å². The molecule has 0 heterocycles. The lowest BCUT2D eigenvalue weighted by Gasteiger charge is -2.49. The number of ether oxygens (including phenoxy) is 3. The Morgan fingerprint density at radius 1 is 0.489 bits per heavy atom. The van der Waals surface area contributed by atoms with E-state index in [0.717, 1.165) is 0 Å². The standard InChI is InChI=1S/C21H39O21P3/c1-4-7-34-16-17(35-8-5-2)19(40-43(28,29)37-10-13(22)23)21(42-45(32,33)39-12-15(26)27)20(18(16)36-9-6-3)41-44(30,31)38-11-14(24)25/h16-21H,4-12H2,1-3H3,(H,22,23)(H,24,25)(H,26,27)(H,28,29)(H,30,31)(H,32,33)/t16-,17-,18+,19-,20-,21-/m0/s1. The average Bonchev–Trinajstić information content (AvgIpc) is 2.93. The van der Waals surface area contributed by atoms with Gasteiger partial charge in [-0.2, -0.15) is 0 Å². The van der Waals surface area contributed by atoms with Crippen molar-refractivity contribution in [2.75, 3.05) is 39.6 Å². The maximum Gasteiger partial charge on any atom is 0.473 e. The highest BCUT2D eigenvalue weighted by Crippen LogP contribution is 2.55. The number of hydrogen-bond acceptors (Lipinski definition) is 15. The molecule has 21 nitrogen and oxygen atoms in total. The van der Waals surface area contributed by atoms with Crippen LogP contribution >= 0.6 is 23.5 Å². The smallest absolute Gasteiger partial charge is 0.473 e. The van der Waals surface area contributed by atoms with Crippen LogP contribution in [-0.2, 0) is 69.4 Å². The Kier molecular flexibility index (Phi) is 18.0. The van der Waals surface area contributed by atoms with Gasteiger partial charge in [0.2, 0.25) is 0 Å². The minimum Gasteiger partial charge on any atom is -0.480 e. The summed E-state index contributed by atoms with van der Waals surface area (Å²) in [7, 11) is -16.4. The van der Waals surface area contributed by atoms with Crippen LogP contribution < -0.4 is 0 Å². The fourth-order valence-corrected chi connectivity index (χ4v) is 6.42. The third-order valence-corrected chi connectivity index (χ3v) is 8.20. The molecule has 0 bridgehead atoms. The van der Waals surface area contributed by atoms with Crippen LogP contribution in [0.15, 0.2) is 0 Å². The van der Waals surface area contributed by atoms with Crippen molar-refractivity contribution in [2.45, 2.75) is 76.7 Å². The van der Waals surface area contributed by atoms with Gasteiger partial charge in [0, 0.05) is 19.8 Å². The molecule has 1 fully saturated rings. The number of rotatable bonds is 24. The molecule has 1 aliphatic rings. The molecule has 0 aromatic carbocycles. The average molecular weight is 720 g/mol. The van der Waals surface area contributed by atoms with Gasteiger partial charge in [-0.15, -0.1) is 0 Å². The van der Waals surface area contributed by atoms with Crippen LogP contribution in [0.25, 0.3) is 0 Å². The van der Waals surface area contributed by atoms with Crippen LogP contribution in [0, 0.1) is 0 Å². The van der Waals surface area contributed by atoms with Crippen molar-refractivity contribution in [3.63, 3.8) is 0 Å². The normalized spacial score (nSPS) is 27.6. The topological polar surface area (TPSA) is 307 Å². The molecule has 0 saturated heterocycles. The first-order chi connectivity index (χ1) is 20.9. The quantitative estimate of drug-likeness (QED) is 0.0762. The van der Waals surface area contributed by atoms with Gasteiger partial charge in [0.05, 0.1) is 0 Å². The van der Waals surface area contributed by atoms with Crippen LogP contribution in [0.5, 0.6) is 0 Å². The third-order valence-electron chi connectivity index (χ3n) is 5.30. The lowest BCUT2D eigenvalue weighted by atomic mass is 9.84. The number of carboxylic acid groups (broad SMARTS) is 3. The van der Waals surface area contributed by atoms with Gasteiger partial charge in [-0.05, 0) is 19.3 Å². The fourth-order valence-electron chi connectivity index (χ4n) is 3.78. The fraction of sp³-hybridized carbons (Fsp3) is 0.857. The van der Waals surface area contributed by atoms with E-state index < -0.39 is 97.8 Å². The van der Waals surface area contributed by atoms with Gasteiger partial charge in [0.25, 0.3) is 0 Å². The van der Waals surface area contributed by atoms with Crippen LogP contribution in [0.4, 0.5) is 0 Å². The summed E-state index contributed by atoms with van der Waals surface area (Å²) >= 11 is 0. The Labute approximate surface area is 257 Å². The van der Waals surface area contributed by atoms with Crippen molar-refractivity contribution in [1.82, 2.24) is 0 Å². The summed E-state index contributed by atoms with van der Waals surface area (Å²) in [6, 6.07) is 0. The predicted molar refractivity (Wildman–Crippen MR) is 145 cm³/mol. The number of carboxylic acids is 3. The van der Waals surface area contributed by atoms with E-state index in [1.807, 2.05) is 0 Å². The third kappa shape index (κ3) is 15.4. The van der Waals surface area contributed by atoms with Gasteiger partial charge in [-0.25, -0.2) is 28.1 Å². The first-order valence-electron chi connectivity index (χ1n) is 13.4. The molecule has 0 aromatic rings. The SMILES string of the molecule is CCCO[C@@H]1[C@@H](OCCC)[C@H](OP(=O)(O)OCC(=O)O)[C@@H](OP(=O)(O)OCC(=O)O)[C@@H](OP(=O)(O)OCC(=O)O)[C@H]1OCCC. The molecule has 0 aliphatic heterocycles. The first kappa shape index (κ1) is 41.6. The molecular weight excluding hydrogens is 681 g/mol. The summed E-state index contributed by atoms with van der Waals surface area (Å²) in [6.45, 7) is 0.633. The summed E-state index contributed by atoms with van der Waals surface area (Å²) in [5, 5.41) is 26.7. The molecule has 0 amide bonds. The Balaban J connectivity index is 3.92. The number of aliphatic carboxylic acids is 3. The number of hydrogen-bond donors (Lipinski definition) is 6. The highest BCUT2D eigenvalue weighted by molar-refractivity contribution is 7.48. The Morgan fingerprint density at radius 3 is 0.933 bits per heavy atom. The molecule has 45 heavy (non-hydrogen) atoms. The number of carbonyl (C=O) groups is 3. The monoisotopic (exact) mass is 720 g/mol. The van der Waals surface area contributed by atoms with E-state index in [1.165, 1.54) is 0 Å². The summed E-state index contributed by atoms with van der Waals surface area (Å²) < 4.78 is 84.9. The Bertz CT molecular complexity index is 1040. The number of phosphoric ester groups is 3. The molecule has 24 heteroatoms. The minimum atomic E-state index is -5.53. The molecule has 6 N–H and O–H groups in total. The molecule has 0 aromatic heterocycles. The van der Waals surface area contributed by atoms with E-state index in [1.54, 1.807) is 20.8 Å². The van der Waals surface area contributed by atoms with E-state index in [2.05, 4.69) is 13.6 Å². The van der Waals surface area contributed by atoms with E-state index in [0.29, 0.717) is 19.3 Å². The first-order valence-corrected chi connectivity index (χ1v) is 17.8. The van der Waals surface area contributed by atoms with Gasteiger partial charge in [0.15, 0.2) is 19.8 Å². The maximum absolute atomic E-state index is 12.9. The molecule has 3 unspecified atom stereocenters. The molecule has 9 atom stereocenters. The van der Waals surface area contributed by atoms with Crippen molar-refractivity contribution >= 4 is 41.4 Å². The predicted octanol–water partition coefficient (Wildman–Crippen LogP) is 1.15. The van der Waals surface area contributed by atoms with Crippen molar-refractivity contribution in [3.8, 4) is 0 Å². The van der Waals surface area contributed by atoms with E-state index >= 15 is 0 Å². The van der Waals surface area contributed by atoms with Crippen molar-refractivity contribution < 1.29 is 99.4 Å². The molecule has 1 aliphatic carbocycles. The van der Waals surface area contributed by atoms with Crippen molar-refractivity contribution in [1.29, 1.82) is 0 Å². The summed E-state index contributed by atoms with van der Waals surface area (Å²) in [5.74, 6) is -5.11. The van der Waals surface area contributed by atoms with Gasteiger partial charge < -0.3 is 44.2 Å². The largest absolute Gasteiger partial charge is 0.480 e. The lowest BCUT2D eigenvalue weighted by Crippen LogP contribution is -2.67. The number of phosphoric acid groups is 3. The maximum atomic E-state index is 12.9. The van der Waals surface area contributed by atoms with Crippen LogP contribution in [-0.4, -0.2) is 124 Å². The molecule has 264 valence electrons. The second-order valence-electron chi connectivity index (χ2n) is 9.12. The molecule has 1 saturated carbocycles. The zero-order chi connectivity index (χ0) is 34.4. The highest BCUT2D eigenvalue weighted by atomic mass is 31.2. The van der Waals surface area contributed by atoms with Gasteiger partial charge in [0.1, 0.15) is 36.6 Å².